The maximum atomic E-state index is 11.0. The zero-order chi connectivity index (χ0) is 9.42. The van der Waals surface area contributed by atoms with Gasteiger partial charge in [-0.2, -0.15) is 0 Å². The van der Waals surface area contributed by atoms with E-state index in [-0.39, 0.29) is 5.91 Å². The van der Waals surface area contributed by atoms with Gasteiger partial charge in [-0.1, -0.05) is 13.8 Å². The summed E-state index contributed by atoms with van der Waals surface area (Å²) in [4.78, 5) is 19.5. The van der Waals surface area contributed by atoms with Gasteiger partial charge in [-0.05, 0) is 0 Å². The van der Waals surface area contributed by atoms with Crippen LogP contribution in [0.4, 0.5) is 5.69 Å². The summed E-state index contributed by atoms with van der Waals surface area (Å²) in [7, 11) is 0. The molecule has 2 heterocycles. The molecule has 0 saturated heterocycles. The first kappa shape index (κ1) is 8.16. The predicted molar refractivity (Wildman–Crippen MR) is 48.5 cm³/mol. The molecule has 0 fully saturated rings. The molecule has 1 aromatic rings. The number of rotatable bonds is 1. The van der Waals surface area contributed by atoms with Crippen molar-refractivity contribution >= 4 is 11.6 Å². The van der Waals surface area contributed by atoms with Gasteiger partial charge in [-0.3, -0.25) is 4.79 Å². The van der Waals surface area contributed by atoms with Gasteiger partial charge in [-0.25, -0.2) is 9.97 Å². The third kappa shape index (κ3) is 1.39. The smallest absolute Gasteiger partial charge is 0.230 e. The van der Waals surface area contributed by atoms with Gasteiger partial charge in [0.05, 0.1) is 24.0 Å². The van der Waals surface area contributed by atoms with Crippen molar-refractivity contribution in [1.29, 1.82) is 0 Å². The van der Waals surface area contributed by atoms with Crippen LogP contribution in [0.1, 0.15) is 31.3 Å². The van der Waals surface area contributed by atoms with Gasteiger partial charge < -0.3 is 5.32 Å². The number of anilines is 1. The molecule has 0 aromatic carbocycles. The molecule has 1 amide bonds. The number of aromatic nitrogens is 2. The lowest BCUT2D eigenvalue weighted by molar-refractivity contribution is -0.115. The summed E-state index contributed by atoms with van der Waals surface area (Å²) in [6, 6.07) is 0. The van der Waals surface area contributed by atoms with Crippen molar-refractivity contribution in [3.8, 4) is 0 Å². The quantitative estimate of drug-likeness (QED) is 0.698. The van der Waals surface area contributed by atoms with Gasteiger partial charge in [-0.15, -0.1) is 0 Å². The van der Waals surface area contributed by atoms with E-state index in [1.54, 1.807) is 6.20 Å². The van der Waals surface area contributed by atoms with Crippen molar-refractivity contribution in [3.63, 3.8) is 0 Å². The van der Waals surface area contributed by atoms with Crippen LogP contribution in [0.15, 0.2) is 6.20 Å². The fourth-order valence-corrected chi connectivity index (χ4v) is 1.30. The predicted octanol–water partition coefficient (Wildman–Crippen LogP) is 1.09. The van der Waals surface area contributed by atoms with E-state index in [4.69, 9.17) is 0 Å². The summed E-state index contributed by atoms with van der Waals surface area (Å²) < 4.78 is 0. The lowest BCUT2D eigenvalue weighted by Crippen LogP contribution is -2.03. The Morgan fingerprint density at radius 1 is 1.54 bits per heavy atom. The number of carbonyl (C=O) groups is 1. The van der Waals surface area contributed by atoms with E-state index in [0.717, 1.165) is 17.2 Å². The van der Waals surface area contributed by atoms with Crippen LogP contribution in [0.25, 0.3) is 0 Å². The van der Waals surface area contributed by atoms with E-state index >= 15 is 0 Å². The molecule has 0 aliphatic carbocycles. The Balaban J connectivity index is 2.40. The fourth-order valence-electron chi connectivity index (χ4n) is 1.30. The summed E-state index contributed by atoms with van der Waals surface area (Å²) in [5.74, 6) is 1.11. The van der Waals surface area contributed by atoms with E-state index in [1.165, 1.54) is 0 Å². The monoisotopic (exact) mass is 177 g/mol. The number of nitrogens with one attached hydrogen (secondary N) is 1. The molecule has 1 aromatic heterocycles. The Labute approximate surface area is 76.4 Å². The van der Waals surface area contributed by atoms with Crippen molar-refractivity contribution in [2.75, 3.05) is 5.32 Å². The Morgan fingerprint density at radius 2 is 2.31 bits per heavy atom. The molecule has 0 unspecified atom stereocenters. The van der Waals surface area contributed by atoms with Crippen molar-refractivity contribution in [1.82, 2.24) is 9.97 Å². The van der Waals surface area contributed by atoms with Crippen molar-refractivity contribution in [3.05, 3.63) is 17.7 Å². The lowest BCUT2D eigenvalue weighted by atomic mass is 10.2. The molecule has 0 atom stereocenters. The second-order valence-electron chi connectivity index (χ2n) is 3.47. The topological polar surface area (TPSA) is 54.9 Å². The molecular formula is C9H11N3O. The average Bonchev–Trinajstić information content (AvgIpc) is 2.42. The lowest BCUT2D eigenvalue weighted by Gasteiger charge is -2.04. The molecule has 1 N–H and O–H groups in total. The first-order chi connectivity index (χ1) is 6.16. The van der Waals surface area contributed by atoms with E-state index in [2.05, 4.69) is 15.3 Å². The number of hydrogen-bond donors (Lipinski definition) is 1. The Kier molecular flexibility index (Phi) is 1.76. The first-order valence-electron chi connectivity index (χ1n) is 4.32. The van der Waals surface area contributed by atoms with Crippen molar-refractivity contribution in [2.24, 2.45) is 0 Å². The Morgan fingerprint density at radius 3 is 3.00 bits per heavy atom. The second-order valence-corrected chi connectivity index (χ2v) is 3.47. The molecule has 0 spiro atoms. The number of nitrogens with zero attached hydrogens (tertiary/aromatic N) is 2. The highest BCUT2D eigenvalue weighted by Gasteiger charge is 2.20. The molecular weight excluding hydrogens is 166 g/mol. The largest absolute Gasteiger partial charge is 0.323 e. The minimum atomic E-state index is 0.00482. The number of hydrogen-bond acceptors (Lipinski definition) is 3. The van der Waals surface area contributed by atoms with Crippen LogP contribution in [-0.2, 0) is 11.2 Å². The van der Waals surface area contributed by atoms with Crippen LogP contribution in [0.5, 0.6) is 0 Å². The molecule has 4 nitrogen and oxygen atoms in total. The highest BCUT2D eigenvalue weighted by atomic mass is 16.1. The molecule has 0 radical (unpaired) electrons. The van der Waals surface area contributed by atoms with Crippen LogP contribution >= 0.6 is 0 Å². The highest BCUT2D eigenvalue weighted by molar-refractivity contribution is 5.98. The number of carbonyl (C=O) groups excluding carboxylic acids is 1. The second kappa shape index (κ2) is 2.80. The highest BCUT2D eigenvalue weighted by Crippen LogP contribution is 2.21. The van der Waals surface area contributed by atoms with Crippen LogP contribution in [0.3, 0.4) is 0 Å². The standard InChI is InChI=1S/C9H11N3O/c1-5(2)9-10-4-7-6(12-9)3-8(13)11-7/h4-5H,3H2,1-2H3,(H,11,13). The molecule has 0 bridgehead atoms. The summed E-state index contributed by atoms with van der Waals surface area (Å²) in [5.41, 5.74) is 1.58. The van der Waals surface area contributed by atoms with Gasteiger partial charge >= 0.3 is 0 Å². The van der Waals surface area contributed by atoms with E-state index in [9.17, 15) is 4.79 Å². The Hall–Kier alpha value is -1.45. The average molecular weight is 177 g/mol. The number of amides is 1. The Bertz CT molecular complexity index is 360. The van der Waals surface area contributed by atoms with Gasteiger partial charge in [0, 0.05) is 5.92 Å². The van der Waals surface area contributed by atoms with Crippen molar-refractivity contribution in [2.45, 2.75) is 26.2 Å². The zero-order valence-corrected chi connectivity index (χ0v) is 7.66. The third-order valence-corrected chi connectivity index (χ3v) is 2.00. The van der Waals surface area contributed by atoms with Gasteiger partial charge in [0.1, 0.15) is 5.82 Å². The number of fused-ring (bicyclic) bond motifs is 1. The van der Waals surface area contributed by atoms with Crippen LogP contribution in [0, 0.1) is 0 Å². The molecule has 0 saturated carbocycles. The van der Waals surface area contributed by atoms with E-state index in [0.29, 0.717) is 12.3 Å². The van der Waals surface area contributed by atoms with Crippen LogP contribution in [0.2, 0.25) is 0 Å². The minimum Gasteiger partial charge on any atom is -0.323 e. The maximum absolute atomic E-state index is 11.0. The summed E-state index contributed by atoms with van der Waals surface area (Å²) >= 11 is 0. The van der Waals surface area contributed by atoms with Gasteiger partial charge in [0.2, 0.25) is 5.91 Å². The fraction of sp³-hybridized carbons (Fsp3) is 0.444. The zero-order valence-electron chi connectivity index (χ0n) is 7.66. The third-order valence-electron chi connectivity index (χ3n) is 2.00. The molecule has 1 aliphatic heterocycles. The molecule has 4 heteroatoms. The maximum Gasteiger partial charge on any atom is 0.230 e. The van der Waals surface area contributed by atoms with Crippen molar-refractivity contribution < 1.29 is 4.79 Å². The van der Waals surface area contributed by atoms with Crippen LogP contribution < -0.4 is 5.32 Å². The van der Waals surface area contributed by atoms with Gasteiger partial charge in [0.15, 0.2) is 0 Å². The van der Waals surface area contributed by atoms with Gasteiger partial charge in [0.25, 0.3) is 0 Å². The summed E-state index contributed by atoms with van der Waals surface area (Å²) in [5, 5.41) is 2.70. The minimum absolute atomic E-state index is 0.00482. The van der Waals surface area contributed by atoms with E-state index in [1.807, 2.05) is 13.8 Å². The summed E-state index contributed by atoms with van der Waals surface area (Å²) in [6.45, 7) is 4.07. The molecule has 68 valence electrons. The van der Waals surface area contributed by atoms with E-state index < -0.39 is 0 Å². The molecule has 2 rings (SSSR count). The molecule has 13 heavy (non-hydrogen) atoms. The first-order valence-corrected chi connectivity index (χ1v) is 4.32. The molecule has 1 aliphatic rings. The summed E-state index contributed by atoms with van der Waals surface area (Å²) in [6.07, 6.45) is 2.07. The SMILES string of the molecule is CC(C)c1ncc2c(n1)CC(=O)N2. The van der Waals surface area contributed by atoms with Crippen LogP contribution in [-0.4, -0.2) is 15.9 Å². The normalized spacial score (nSPS) is 14.5.